The fourth-order valence-corrected chi connectivity index (χ4v) is 1.89. The van der Waals surface area contributed by atoms with Crippen LogP contribution in [0.1, 0.15) is 0 Å². The lowest BCUT2D eigenvalue weighted by molar-refractivity contribution is 0.597. The lowest BCUT2D eigenvalue weighted by atomic mass is 10.6. The van der Waals surface area contributed by atoms with E-state index in [1.54, 1.807) is 0 Å². The predicted octanol–water partition coefficient (Wildman–Crippen LogP) is -0.988. The van der Waals surface area contributed by atoms with E-state index < -0.39 is 25.2 Å². The Labute approximate surface area is 83.8 Å². The molecule has 14 heavy (non-hydrogen) atoms. The van der Waals surface area contributed by atoms with Crippen molar-refractivity contribution >= 4 is 19.7 Å². The maximum Gasteiger partial charge on any atom is 0.330 e. The van der Waals surface area contributed by atoms with E-state index in [0.29, 0.717) is 4.57 Å². The van der Waals surface area contributed by atoms with Gasteiger partial charge in [-0.3, -0.25) is 9.36 Å². The molecule has 1 aromatic heterocycles. The Morgan fingerprint density at radius 2 is 1.79 bits per heavy atom. The Hall–Kier alpha value is -1.08. The van der Waals surface area contributed by atoms with Crippen LogP contribution in [0.15, 0.2) is 20.7 Å². The quantitative estimate of drug-likeness (QED) is 0.589. The maximum absolute atomic E-state index is 11.3. The number of nitrogens with zero attached hydrogens (tertiary/aromatic N) is 2. The van der Waals surface area contributed by atoms with Gasteiger partial charge in [0.05, 0.1) is 0 Å². The molecule has 0 N–H and O–H groups in total. The van der Waals surface area contributed by atoms with Crippen molar-refractivity contribution in [3.63, 3.8) is 0 Å². The van der Waals surface area contributed by atoms with Gasteiger partial charge < -0.3 is 4.57 Å². The monoisotopic (exact) mass is 238 g/mol. The van der Waals surface area contributed by atoms with Gasteiger partial charge >= 0.3 is 5.69 Å². The molecule has 1 rings (SSSR count). The maximum atomic E-state index is 11.3. The minimum atomic E-state index is -4.12. The second kappa shape index (κ2) is 3.25. The van der Waals surface area contributed by atoms with Gasteiger partial charge in [0.1, 0.15) is 0 Å². The van der Waals surface area contributed by atoms with Crippen LogP contribution in [0.4, 0.5) is 0 Å². The van der Waals surface area contributed by atoms with Crippen LogP contribution in [0.5, 0.6) is 0 Å². The average Bonchev–Trinajstić information content (AvgIpc) is 2.06. The molecule has 0 saturated heterocycles. The lowest BCUT2D eigenvalue weighted by Crippen LogP contribution is -2.38. The Morgan fingerprint density at radius 3 is 2.21 bits per heavy atom. The third-order valence-corrected chi connectivity index (χ3v) is 2.98. The van der Waals surface area contributed by atoms with Gasteiger partial charge in [-0.1, -0.05) is 0 Å². The molecule has 0 aliphatic rings. The van der Waals surface area contributed by atoms with Gasteiger partial charge in [0.15, 0.2) is 4.90 Å². The zero-order chi connectivity index (χ0) is 11.1. The average molecular weight is 239 g/mol. The summed E-state index contributed by atoms with van der Waals surface area (Å²) >= 11 is 0. The first-order valence-electron chi connectivity index (χ1n) is 3.46. The molecule has 0 fully saturated rings. The zero-order valence-corrected chi connectivity index (χ0v) is 8.96. The predicted molar refractivity (Wildman–Crippen MR) is 50.0 cm³/mol. The highest BCUT2D eigenvalue weighted by Gasteiger charge is 2.18. The molecule has 6 nitrogen and oxygen atoms in total. The Morgan fingerprint density at radius 1 is 1.29 bits per heavy atom. The van der Waals surface area contributed by atoms with Gasteiger partial charge in [-0.25, -0.2) is 13.2 Å². The molecular formula is C6H7ClN2O4S. The molecule has 0 spiro atoms. The molecule has 0 bridgehead atoms. The van der Waals surface area contributed by atoms with Crippen LogP contribution in [0.25, 0.3) is 0 Å². The van der Waals surface area contributed by atoms with Crippen LogP contribution in [-0.2, 0) is 23.1 Å². The highest BCUT2D eigenvalue weighted by molar-refractivity contribution is 8.13. The summed E-state index contributed by atoms with van der Waals surface area (Å²) in [6, 6.07) is 0. The first-order chi connectivity index (χ1) is 6.25. The van der Waals surface area contributed by atoms with Crippen LogP contribution in [0.2, 0.25) is 0 Å². The second-order valence-electron chi connectivity index (χ2n) is 2.69. The van der Waals surface area contributed by atoms with Crippen molar-refractivity contribution in [1.29, 1.82) is 0 Å². The molecule has 8 heteroatoms. The lowest BCUT2D eigenvalue weighted by Gasteiger charge is -2.03. The molecule has 1 aromatic rings. The number of hydrogen-bond donors (Lipinski definition) is 0. The molecule has 0 saturated carbocycles. The summed E-state index contributed by atoms with van der Waals surface area (Å²) in [5, 5.41) is 0. The van der Waals surface area contributed by atoms with Crippen LogP contribution in [0.3, 0.4) is 0 Å². The number of aryl methyl sites for hydroxylation is 1. The summed E-state index contributed by atoms with van der Waals surface area (Å²) < 4.78 is 23.5. The van der Waals surface area contributed by atoms with E-state index >= 15 is 0 Å². The molecule has 78 valence electrons. The van der Waals surface area contributed by atoms with Gasteiger partial charge in [0.25, 0.3) is 14.6 Å². The molecule has 0 unspecified atom stereocenters. The Kier molecular flexibility index (Phi) is 2.55. The third-order valence-electron chi connectivity index (χ3n) is 1.68. The van der Waals surface area contributed by atoms with E-state index in [-0.39, 0.29) is 0 Å². The third kappa shape index (κ3) is 1.73. The van der Waals surface area contributed by atoms with Crippen molar-refractivity contribution in [3.8, 4) is 0 Å². The number of aromatic nitrogens is 2. The normalized spacial score (nSPS) is 11.6. The van der Waals surface area contributed by atoms with Crippen molar-refractivity contribution in [1.82, 2.24) is 9.13 Å². The smallest absolute Gasteiger partial charge is 0.302 e. The van der Waals surface area contributed by atoms with E-state index in [1.807, 2.05) is 0 Å². The van der Waals surface area contributed by atoms with E-state index in [0.717, 1.165) is 10.8 Å². The molecule has 0 aromatic carbocycles. The standard InChI is InChI=1S/C6H7ClN2O4S/c1-8-3-4(14(7,12)13)5(10)9(2)6(8)11/h3H,1-2H3. The zero-order valence-electron chi connectivity index (χ0n) is 7.39. The summed E-state index contributed by atoms with van der Waals surface area (Å²) in [5.74, 6) is 0. The first kappa shape index (κ1) is 11.0. The second-order valence-corrected chi connectivity index (χ2v) is 5.22. The van der Waals surface area contributed by atoms with E-state index in [2.05, 4.69) is 0 Å². The highest BCUT2D eigenvalue weighted by Crippen LogP contribution is 2.06. The summed E-state index contributed by atoms with van der Waals surface area (Å²) in [4.78, 5) is 21.8. The van der Waals surface area contributed by atoms with Crippen LogP contribution in [0, 0.1) is 0 Å². The summed E-state index contributed by atoms with van der Waals surface area (Å²) in [6.07, 6.45) is 0.896. The largest absolute Gasteiger partial charge is 0.330 e. The molecule has 0 aliphatic heterocycles. The van der Waals surface area contributed by atoms with E-state index in [1.165, 1.54) is 14.1 Å². The van der Waals surface area contributed by atoms with Crippen molar-refractivity contribution in [3.05, 3.63) is 27.0 Å². The van der Waals surface area contributed by atoms with Crippen molar-refractivity contribution in [2.75, 3.05) is 0 Å². The number of hydrogen-bond acceptors (Lipinski definition) is 4. The van der Waals surface area contributed by atoms with Gasteiger partial charge in [-0.15, -0.1) is 0 Å². The molecule has 0 amide bonds. The first-order valence-corrected chi connectivity index (χ1v) is 5.77. The molecule has 0 atom stereocenters. The van der Waals surface area contributed by atoms with Gasteiger partial charge in [0.2, 0.25) is 0 Å². The fourth-order valence-electron chi connectivity index (χ4n) is 0.942. The van der Waals surface area contributed by atoms with E-state index in [9.17, 15) is 18.0 Å². The molecular weight excluding hydrogens is 232 g/mol. The molecule has 0 aliphatic carbocycles. The fraction of sp³-hybridized carbons (Fsp3) is 0.333. The Bertz CT molecular complexity index is 583. The Balaban J connectivity index is 3.85. The van der Waals surface area contributed by atoms with Gasteiger partial charge in [-0.05, 0) is 0 Å². The van der Waals surface area contributed by atoms with Crippen LogP contribution < -0.4 is 11.2 Å². The van der Waals surface area contributed by atoms with E-state index in [4.69, 9.17) is 10.7 Å². The summed E-state index contributed by atoms with van der Waals surface area (Å²) in [6.45, 7) is 0. The molecule has 1 heterocycles. The van der Waals surface area contributed by atoms with Crippen molar-refractivity contribution in [2.24, 2.45) is 14.1 Å². The highest BCUT2D eigenvalue weighted by atomic mass is 35.7. The summed E-state index contributed by atoms with van der Waals surface area (Å²) in [7, 11) is 3.39. The SMILES string of the molecule is Cn1cc(S(=O)(=O)Cl)c(=O)n(C)c1=O. The number of halogens is 1. The van der Waals surface area contributed by atoms with Crippen LogP contribution in [-0.4, -0.2) is 17.6 Å². The topological polar surface area (TPSA) is 78.1 Å². The van der Waals surface area contributed by atoms with Gasteiger partial charge in [0, 0.05) is 31.0 Å². The van der Waals surface area contributed by atoms with Crippen molar-refractivity contribution in [2.45, 2.75) is 4.90 Å². The van der Waals surface area contributed by atoms with Crippen LogP contribution >= 0.6 is 10.7 Å². The minimum Gasteiger partial charge on any atom is -0.302 e. The summed E-state index contributed by atoms with van der Waals surface area (Å²) in [5.41, 5.74) is -1.54. The minimum absolute atomic E-state index is 0.608. The van der Waals surface area contributed by atoms with Gasteiger partial charge in [-0.2, -0.15) is 0 Å². The van der Waals surface area contributed by atoms with Crippen molar-refractivity contribution < 1.29 is 8.42 Å². The number of rotatable bonds is 1. The molecule has 0 radical (unpaired) electrons.